The molecule has 2 aromatic rings. The zero-order valence-electron chi connectivity index (χ0n) is 14.7. The van der Waals surface area contributed by atoms with Gasteiger partial charge >= 0.3 is 0 Å². The number of amides is 2. The van der Waals surface area contributed by atoms with Gasteiger partial charge in [-0.1, -0.05) is 13.8 Å². The van der Waals surface area contributed by atoms with Gasteiger partial charge in [-0.25, -0.2) is 0 Å². The SMILES string of the molecule is CSc1nsc(SC)c1C(=O)Nc1cnn(C)c1C(=O)NCC(C)C. The third kappa shape index (κ3) is 4.56. The first-order valence-electron chi connectivity index (χ1n) is 7.58. The summed E-state index contributed by atoms with van der Waals surface area (Å²) in [5.41, 5.74) is 1.26. The molecule has 2 N–H and O–H groups in total. The zero-order chi connectivity index (χ0) is 18.6. The summed E-state index contributed by atoms with van der Waals surface area (Å²) in [5, 5.41) is 10.4. The molecule has 2 amide bonds. The van der Waals surface area contributed by atoms with Crippen LogP contribution in [0.5, 0.6) is 0 Å². The molecule has 0 atom stereocenters. The molecule has 10 heteroatoms. The van der Waals surface area contributed by atoms with Crippen molar-refractivity contribution in [2.24, 2.45) is 13.0 Å². The van der Waals surface area contributed by atoms with Gasteiger partial charge < -0.3 is 10.6 Å². The molecule has 0 aliphatic heterocycles. The van der Waals surface area contributed by atoms with Crippen molar-refractivity contribution in [1.29, 1.82) is 0 Å². The van der Waals surface area contributed by atoms with Crippen LogP contribution in [0.25, 0.3) is 0 Å². The molecule has 136 valence electrons. The number of anilines is 1. The molecule has 2 rings (SSSR count). The minimum Gasteiger partial charge on any atom is -0.350 e. The molecule has 7 nitrogen and oxygen atoms in total. The molecule has 0 unspecified atom stereocenters. The van der Waals surface area contributed by atoms with Crippen LogP contribution in [0.15, 0.2) is 15.4 Å². The molecular weight excluding hydrogens is 378 g/mol. The molecule has 2 aromatic heterocycles. The van der Waals surface area contributed by atoms with Crippen LogP contribution in [0.4, 0.5) is 5.69 Å². The summed E-state index contributed by atoms with van der Waals surface area (Å²) in [6.45, 7) is 4.59. The van der Waals surface area contributed by atoms with Gasteiger partial charge in [-0.2, -0.15) is 9.47 Å². The van der Waals surface area contributed by atoms with Crippen LogP contribution < -0.4 is 10.6 Å². The van der Waals surface area contributed by atoms with Crippen LogP contribution in [0.2, 0.25) is 0 Å². The lowest BCUT2D eigenvalue weighted by molar-refractivity contribution is 0.0940. The van der Waals surface area contributed by atoms with E-state index in [0.29, 0.717) is 34.4 Å². The van der Waals surface area contributed by atoms with E-state index in [1.807, 2.05) is 26.4 Å². The molecule has 2 heterocycles. The van der Waals surface area contributed by atoms with Gasteiger partial charge in [-0.15, -0.1) is 23.5 Å². The lowest BCUT2D eigenvalue weighted by Gasteiger charge is -2.10. The Hall–Kier alpha value is -1.52. The van der Waals surface area contributed by atoms with Crippen LogP contribution in [0.3, 0.4) is 0 Å². The minimum atomic E-state index is -0.284. The van der Waals surface area contributed by atoms with Gasteiger partial charge in [0.05, 0.1) is 21.7 Å². The van der Waals surface area contributed by atoms with Crippen molar-refractivity contribution >= 4 is 52.6 Å². The molecule has 0 bridgehead atoms. The van der Waals surface area contributed by atoms with Gasteiger partial charge in [-0.3, -0.25) is 14.3 Å². The lowest BCUT2D eigenvalue weighted by atomic mass is 10.2. The van der Waals surface area contributed by atoms with E-state index in [0.717, 1.165) is 4.21 Å². The van der Waals surface area contributed by atoms with Crippen LogP contribution in [-0.2, 0) is 7.05 Å². The first-order chi connectivity index (χ1) is 11.9. The van der Waals surface area contributed by atoms with Gasteiger partial charge in [0.25, 0.3) is 11.8 Å². The van der Waals surface area contributed by atoms with E-state index in [2.05, 4.69) is 20.1 Å². The largest absolute Gasteiger partial charge is 0.350 e. The number of hydrogen-bond acceptors (Lipinski definition) is 7. The number of carbonyl (C=O) groups is 2. The van der Waals surface area contributed by atoms with E-state index >= 15 is 0 Å². The van der Waals surface area contributed by atoms with Crippen molar-refractivity contribution in [2.45, 2.75) is 23.1 Å². The highest BCUT2D eigenvalue weighted by molar-refractivity contribution is 8.01. The van der Waals surface area contributed by atoms with Crippen molar-refractivity contribution in [2.75, 3.05) is 24.4 Å². The fourth-order valence-electron chi connectivity index (χ4n) is 2.09. The standard InChI is InChI=1S/C15H21N5O2S3/c1-8(2)6-16-13(22)11-9(7-17-20(11)3)18-12(21)10-14(23-4)19-25-15(10)24-5/h7-8H,6H2,1-5H3,(H,16,22)(H,18,21). The predicted octanol–water partition coefficient (Wildman–Crippen LogP) is 2.96. The Kier molecular flexibility index (Phi) is 6.91. The van der Waals surface area contributed by atoms with E-state index in [1.54, 1.807) is 7.05 Å². The number of rotatable bonds is 7. The van der Waals surface area contributed by atoms with Gasteiger partial charge in [0.2, 0.25) is 0 Å². The van der Waals surface area contributed by atoms with Crippen molar-refractivity contribution in [3.8, 4) is 0 Å². The topological polar surface area (TPSA) is 88.9 Å². The Labute approximate surface area is 159 Å². The molecule has 0 aromatic carbocycles. The Balaban J connectivity index is 2.25. The summed E-state index contributed by atoms with van der Waals surface area (Å²) in [6.07, 6.45) is 5.27. The number of aromatic nitrogens is 3. The smallest absolute Gasteiger partial charge is 0.271 e. The Morgan fingerprint density at radius 2 is 2.00 bits per heavy atom. The maximum absolute atomic E-state index is 12.7. The van der Waals surface area contributed by atoms with Crippen molar-refractivity contribution in [3.05, 3.63) is 17.5 Å². The van der Waals surface area contributed by atoms with Crippen LogP contribution in [0, 0.1) is 5.92 Å². The van der Waals surface area contributed by atoms with E-state index in [9.17, 15) is 9.59 Å². The second-order valence-corrected chi connectivity index (χ2v) is 8.29. The third-order valence-corrected chi connectivity index (χ3v) is 6.05. The average Bonchev–Trinajstić information content (AvgIpc) is 3.15. The van der Waals surface area contributed by atoms with Crippen molar-refractivity contribution in [3.63, 3.8) is 0 Å². The fourth-order valence-corrected chi connectivity index (χ4v) is 4.37. The molecular formula is C15H21N5O2S3. The highest BCUT2D eigenvalue weighted by Crippen LogP contribution is 2.33. The highest BCUT2D eigenvalue weighted by atomic mass is 32.2. The monoisotopic (exact) mass is 399 g/mol. The van der Waals surface area contributed by atoms with Crippen LogP contribution >= 0.6 is 35.1 Å². The molecule has 0 saturated heterocycles. The molecule has 25 heavy (non-hydrogen) atoms. The summed E-state index contributed by atoms with van der Waals surface area (Å²) >= 11 is 4.20. The van der Waals surface area contributed by atoms with Crippen LogP contribution in [-0.4, -0.2) is 45.0 Å². The summed E-state index contributed by atoms with van der Waals surface area (Å²) in [4.78, 5) is 25.2. The van der Waals surface area contributed by atoms with Crippen LogP contribution in [0.1, 0.15) is 34.7 Å². The molecule has 0 aliphatic carbocycles. The first-order valence-corrected chi connectivity index (χ1v) is 10.8. The number of thioether (sulfide) groups is 2. The second-order valence-electron chi connectivity index (χ2n) is 5.65. The number of nitrogens with zero attached hydrogens (tertiary/aromatic N) is 3. The maximum atomic E-state index is 12.7. The fraction of sp³-hybridized carbons (Fsp3) is 0.467. The summed E-state index contributed by atoms with van der Waals surface area (Å²) < 4.78 is 6.61. The summed E-state index contributed by atoms with van der Waals surface area (Å²) in [7, 11) is 1.67. The quantitative estimate of drug-likeness (QED) is 0.696. The average molecular weight is 400 g/mol. The predicted molar refractivity (Wildman–Crippen MR) is 104 cm³/mol. The minimum absolute atomic E-state index is 0.261. The maximum Gasteiger partial charge on any atom is 0.271 e. The number of nitrogens with one attached hydrogen (secondary N) is 2. The zero-order valence-corrected chi connectivity index (χ0v) is 17.2. The first kappa shape index (κ1) is 19.8. The van der Waals surface area contributed by atoms with Crippen molar-refractivity contribution in [1.82, 2.24) is 19.5 Å². The highest BCUT2D eigenvalue weighted by Gasteiger charge is 2.24. The molecule has 0 aliphatic rings. The Bertz CT molecular complexity index is 748. The molecule has 0 saturated carbocycles. The Morgan fingerprint density at radius 3 is 2.60 bits per heavy atom. The Morgan fingerprint density at radius 1 is 1.28 bits per heavy atom. The summed E-state index contributed by atoms with van der Waals surface area (Å²) in [5.74, 6) is -0.212. The van der Waals surface area contributed by atoms with Gasteiger partial charge in [0.15, 0.2) is 0 Å². The molecule has 0 fully saturated rings. The molecule has 0 spiro atoms. The van der Waals surface area contributed by atoms with E-state index < -0.39 is 0 Å². The molecule has 0 radical (unpaired) electrons. The third-order valence-electron chi connectivity index (χ3n) is 3.31. The summed E-state index contributed by atoms with van der Waals surface area (Å²) in [6, 6.07) is 0. The van der Waals surface area contributed by atoms with Gasteiger partial charge in [0, 0.05) is 13.6 Å². The van der Waals surface area contributed by atoms with E-state index in [4.69, 9.17) is 0 Å². The van der Waals surface area contributed by atoms with Gasteiger partial charge in [-0.05, 0) is 30.0 Å². The number of hydrogen-bond donors (Lipinski definition) is 2. The second kappa shape index (κ2) is 8.72. The normalized spacial score (nSPS) is 11.0. The van der Waals surface area contributed by atoms with Gasteiger partial charge in [0.1, 0.15) is 10.7 Å². The van der Waals surface area contributed by atoms with E-state index in [-0.39, 0.29) is 11.8 Å². The van der Waals surface area contributed by atoms with E-state index in [1.165, 1.54) is 45.9 Å². The number of aryl methyl sites for hydroxylation is 1. The lowest BCUT2D eigenvalue weighted by Crippen LogP contribution is -2.30. The number of carbonyl (C=O) groups excluding carboxylic acids is 2. The van der Waals surface area contributed by atoms with Crippen molar-refractivity contribution < 1.29 is 9.59 Å².